The fourth-order valence-electron chi connectivity index (χ4n) is 5.66. The van der Waals surface area contributed by atoms with Gasteiger partial charge in [-0.3, -0.25) is 0 Å². The largest absolute Gasteiger partial charge is 0.477 e. The van der Waals surface area contributed by atoms with E-state index >= 15 is 0 Å². The van der Waals surface area contributed by atoms with Gasteiger partial charge in [0.05, 0.1) is 5.69 Å². The number of rotatable bonds is 3. The molecule has 0 atom stereocenters. The van der Waals surface area contributed by atoms with Gasteiger partial charge in [0.1, 0.15) is 5.56 Å². The number of hydrogen-bond acceptors (Lipinski definition) is 3. The lowest BCUT2D eigenvalue weighted by atomic mass is 9.48. The molecular weight excluding hydrogens is 254 g/mol. The van der Waals surface area contributed by atoms with Gasteiger partial charge in [0.25, 0.3) is 0 Å². The number of aryl methyl sites for hydroxylation is 1. The van der Waals surface area contributed by atoms with Gasteiger partial charge in [0.2, 0.25) is 0 Å². The average Bonchev–Trinajstić information content (AvgIpc) is 2.67. The van der Waals surface area contributed by atoms with Gasteiger partial charge in [0.15, 0.2) is 5.76 Å². The molecule has 1 N–H and O–H groups in total. The Labute approximate surface area is 118 Å². The first-order valence-corrected chi connectivity index (χ1v) is 7.73. The topological polar surface area (TPSA) is 63.3 Å². The molecule has 0 radical (unpaired) electrons. The third kappa shape index (κ3) is 1.80. The summed E-state index contributed by atoms with van der Waals surface area (Å²) < 4.78 is 5.36. The minimum absolute atomic E-state index is 0.297. The molecule has 4 aliphatic rings. The standard InChI is InChI=1S/C16H21NO3/c1-9-14(15(18)19)13(20-17-9)8-16-5-10-2-11(6-16)4-12(3-10)7-16/h10-12H,2-8H2,1H3,(H,18,19). The molecule has 5 rings (SSSR count). The molecular formula is C16H21NO3. The van der Waals surface area contributed by atoms with Crippen molar-refractivity contribution < 1.29 is 14.4 Å². The van der Waals surface area contributed by atoms with Gasteiger partial charge < -0.3 is 9.63 Å². The number of hydrogen-bond donors (Lipinski definition) is 1. The molecule has 0 spiro atoms. The Hall–Kier alpha value is -1.32. The lowest BCUT2D eigenvalue weighted by Gasteiger charge is -2.56. The molecule has 1 aromatic heterocycles. The summed E-state index contributed by atoms with van der Waals surface area (Å²) in [5.74, 6) is 2.33. The maximum atomic E-state index is 11.4. The molecule has 0 amide bonds. The van der Waals surface area contributed by atoms with E-state index in [2.05, 4.69) is 5.16 Å². The number of aromatic carboxylic acids is 1. The van der Waals surface area contributed by atoms with Crippen molar-refractivity contribution in [2.45, 2.75) is 51.9 Å². The van der Waals surface area contributed by atoms with E-state index in [0.717, 1.165) is 24.2 Å². The highest BCUT2D eigenvalue weighted by molar-refractivity contribution is 5.89. The molecule has 0 aliphatic heterocycles. The van der Waals surface area contributed by atoms with Gasteiger partial charge in [-0.15, -0.1) is 0 Å². The third-order valence-corrected chi connectivity index (χ3v) is 5.85. The maximum Gasteiger partial charge on any atom is 0.341 e. The summed E-state index contributed by atoms with van der Waals surface area (Å²) in [4.78, 5) is 11.4. The van der Waals surface area contributed by atoms with Gasteiger partial charge in [-0.1, -0.05) is 5.16 Å². The van der Waals surface area contributed by atoms with Crippen molar-refractivity contribution in [2.24, 2.45) is 23.2 Å². The van der Waals surface area contributed by atoms with Gasteiger partial charge >= 0.3 is 5.97 Å². The molecule has 4 nitrogen and oxygen atoms in total. The number of carbonyl (C=O) groups is 1. The second kappa shape index (κ2) is 4.09. The summed E-state index contributed by atoms with van der Waals surface area (Å²) in [5.41, 5.74) is 1.11. The Morgan fingerprint density at radius 1 is 1.25 bits per heavy atom. The summed E-state index contributed by atoms with van der Waals surface area (Å²) in [5, 5.41) is 13.2. The van der Waals surface area contributed by atoms with Crippen molar-refractivity contribution in [1.29, 1.82) is 0 Å². The van der Waals surface area contributed by atoms with E-state index in [-0.39, 0.29) is 0 Å². The summed E-state index contributed by atoms with van der Waals surface area (Å²) >= 11 is 0. The average molecular weight is 275 g/mol. The van der Waals surface area contributed by atoms with E-state index < -0.39 is 5.97 Å². The van der Waals surface area contributed by atoms with E-state index in [1.54, 1.807) is 6.92 Å². The summed E-state index contributed by atoms with van der Waals surface area (Å²) in [6, 6.07) is 0. The lowest BCUT2D eigenvalue weighted by molar-refractivity contribution is -0.0550. The van der Waals surface area contributed by atoms with Crippen molar-refractivity contribution in [1.82, 2.24) is 5.16 Å². The Bertz CT molecular complexity index is 525. The van der Waals surface area contributed by atoms with Crippen molar-refractivity contribution in [2.75, 3.05) is 0 Å². The van der Waals surface area contributed by atoms with Crippen molar-refractivity contribution in [3.8, 4) is 0 Å². The zero-order valence-electron chi connectivity index (χ0n) is 11.9. The fourth-order valence-corrected chi connectivity index (χ4v) is 5.66. The molecule has 1 aromatic rings. The number of aromatic nitrogens is 1. The van der Waals surface area contributed by atoms with Crippen molar-refractivity contribution >= 4 is 5.97 Å². The minimum Gasteiger partial charge on any atom is -0.477 e. The van der Waals surface area contributed by atoms with Gasteiger partial charge in [-0.05, 0) is 68.6 Å². The van der Waals surface area contributed by atoms with Crippen LogP contribution in [0.3, 0.4) is 0 Å². The van der Waals surface area contributed by atoms with Crippen molar-refractivity contribution in [3.63, 3.8) is 0 Å². The molecule has 0 saturated heterocycles. The highest BCUT2D eigenvalue weighted by Crippen LogP contribution is 2.61. The number of nitrogens with zero attached hydrogens (tertiary/aromatic N) is 1. The van der Waals surface area contributed by atoms with Crippen LogP contribution in [0.5, 0.6) is 0 Å². The van der Waals surface area contributed by atoms with Crippen LogP contribution < -0.4 is 0 Å². The lowest BCUT2D eigenvalue weighted by Crippen LogP contribution is -2.47. The molecule has 0 aromatic carbocycles. The zero-order valence-corrected chi connectivity index (χ0v) is 11.9. The minimum atomic E-state index is -0.900. The summed E-state index contributed by atoms with van der Waals surface area (Å²) in [6.07, 6.45) is 8.77. The normalized spacial score (nSPS) is 38.4. The third-order valence-electron chi connectivity index (χ3n) is 5.85. The quantitative estimate of drug-likeness (QED) is 0.917. The predicted octanol–water partition coefficient (Wildman–Crippen LogP) is 3.44. The first kappa shape index (κ1) is 12.4. The molecule has 20 heavy (non-hydrogen) atoms. The first-order chi connectivity index (χ1) is 9.55. The molecule has 4 heteroatoms. The SMILES string of the molecule is Cc1noc(CC23CC4CC(CC(C4)C2)C3)c1C(=O)O. The van der Waals surface area contributed by atoms with E-state index in [4.69, 9.17) is 4.52 Å². The van der Waals surface area contributed by atoms with Crippen LogP contribution in [-0.4, -0.2) is 16.2 Å². The van der Waals surface area contributed by atoms with E-state index in [1.807, 2.05) is 0 Å². The molecule has 4 aliphatic carbocycles. The highest BCUT2D eigenvalue weighted by atomic mass is 16.5. The van der Waals surface area contributed by atoms with Crippen LogP contribution in [0.25, 0.3) is 0 Å². The fraction of sp³-hybridized carbons (Fsp3) is 0.750. The van der Waals surface area contributed by atoms with Gasteiger partial charge in [-0.2, -0.15) is 0 Å². The second-order valence-electron chi connectivity index (χ2n) is 7.47. The molecule has 4 fully saturated rings. The van der Waals surface area contributed by atoms with Gasteiger partial charge in [0, 0.05) is 6.42 Å². The highest BCUT2D eigenvalue weighted by Gasteiger charge is 2.51. The Morgan fingerprint density at radius 2 is 1.80 bits per heavy atom. The number of carboxylic acids is 1. The molecule has 108 valence electrons. The second-order valence-corrected chi connectivity index (χ2v) is 7.47. The Morgan fingerprint density at radius 3 is 2.30 bits per heavy atom. The molecule has 0 unspecified atom stereocenters. The molecule has 1 heterocycles. The number of carboxylic acid groups (broad SMARTS) is 1. The summed E-state index contributed by atoms with van der Waals surface area (Å²) in [6.45, 7) is 1.72. The summed E-state index contributed by atoms with van der Waals surface area (Å²) in [7, 11) is 0. The van der Waals surface area contributed by atoms with Crippen LogP contribution >= 0.6 is 0 Å². The molecule has 4 saturated carbocycles. The van der Waals surface area contributed by atoms with Crippen LogP contribution in [0.2, 0.25) is 0 Å². The van der Waals surface area contributed by atoms with Crippen LogP contribution in [0.1, 0.15) is 60.3 Å². The zero-order chi connectivity index (χ0) is 13.9. The monoisotopic (exact) mass is 275 g/mol. The Balaban J connectivity index is 1.64. The Kier molecular flexibility index (Phi) is 2.54. The van der Waals surface area contributed by atoms with Crippen LogP contribution in [-0.2, 0) is 6.42 Å². The van der Waals surface area contributed by atoms with E-state index in [1.165, 1.54) is 38.5 Å². The van der Waals surface area contributed by atoms with E-state index in [0.29, 0.717) is 22.4 Å². The molecule has 4 bridgehead atoms. The predicted molar refractivity (Wildman–Crippen MR) is 72.5 cm³/mol. The van der Waals surface area contributed by atoms with Crippen LogP contribution in [0, 0.1) is 30.1 Å². The van der Waals surface area contributed by atoms with Crippen LogP contribution in [0.4, 0.5) is 0 Å². The smallest absolute Gasteiger partial charge is 0.341 e. The van der Waals surface area contributed by atoms with Gasteiger partial charge in [-0.25, -0.2) is 4.79 Å². The van der Waals surface area contributed by atoms with Crippen LogP contribution in [0.15, 0.2) is 4.52 Å². The van der Waals surface area contributed by atoms with E-state index in [9.17, 15) is 9.90 Å². The van der Waals surface area contributed by atoms with Crippen molar-refractivity contribution in [3.05, 3.63) is 17.0 Å². The first-order valence-electron chi connectivity index (χ1n) is 7.73. The maximum absolute atomic E-state index is 11.4.